The third-order valence-electron chi connectivity index (χ3n) is 6.47. The highest BCUT2D eigenvalue weighted by Crippen LogP contribution is 2.48. The van der Waals surface area contributed by atoms with E-state index in [1.165, 1.54) is 0 Å². The van der Waals surface area contributed by atoms with Crippen molar-refractivity contribution in [1.82, 2.24) is 19.6 Å². The lowest BCUT2D eigenvalue weighted by atomic mass is 9.84. The van der Waals surface area contributed by atoms with Gasteiger partial charge in [0, 0.05) is 22.9 Å². The Kier molecular flexibility index (Phi) is 4.60. The number of ether oxygens (including phenoxy) is 2. The van der Waals surface area contributed by atoms with Crippen LogP contribution in [0.2, 0.25) is 0 Å². The van der Waals surface area contributed by atoms with Crippen molar-refractivity contribution in [2.75, 3.05) is 0 Å². The van der Waals surface area contributed by atoms with Gasteiger partial charge in [0.1, 0.15) is 30.2 Å². The molecule has 4 aromatic carbocycles. The monoisotopic (exact) mass is 472 g/mol. The summed E-state index contributed by atoms with van der Waals surface area (Å²) in [6.07, 6.45) is 1.60. The van der Waals surface area contributed by atoms with Crippen molar-refractivity contribution >= 4 is 16.4 Å². The summed E-state index contributed by atoms with van der Waals surface area (Å²) >= 11 is 0. The van der Waals surface area contributed by atoms with Gasteiger partial charge in [0.15, 0.2) is 11.5 Å². The van der Waals surface area contributed by atoms with Crippen LogP contribution in [-0.4, -0.2) is 24.7 Å². The number of aromatic hydroxyl groups is 1. The molecule has 7 nitrogen and oxygen atoms in total. The molecule has 0 aliphatic carbocycles. The van der Waals surface area contributed by atoms with Crippen LogP contribution in [0.15, 0.2) is 97.3 Å². The number of phenols is 1. The van der Waals surface area contributed by atoms with Gasteiger partial charge in [-0.3, -0.25) is 0 Å². The molecule has 0 amide bonds. The molecular formula is C29H20N4O3. The van der Waals surface area contributed by atoms with Crippen LogP contribution in [0, 0.1) is 0 Å². The molecule has 1 aliphatic heterocycles. The Hall–Kier alpha value is -4.91. The van der Waals surface area contributed by atoms with Gasteiger partial charge in [-0.15, -0.1) is 5.10 Å². The zero-order valence-corrected chi connectivity index (χ0v) is 19.1. The molecule has 6 aromatic rings. The van der Waals surface area contributed by atoms with Crippen LogP contribution in [0.4, 0.5) is 0 Å². The average molecular weight is 473 g/mol. The minimum absolute atomic E-state index is 0.139. The molecule has 3 heterocycles. The molecule has 1 N–H and O–H groups in total. The van der Waals surface area contributed by atoms with Crippen molar-refractivity contribution in [2.24, 2.45) is 0 Å². The average Bonchev–Trinajstić information content (AvgIpc) is 3.34. The number of nitrogens with zero attached hydrogens (tertiary/aromatic N) is 4. The Labute approximate surface area is 206 Å². The van der Waals surface area contributed by atoms with Gasteiger partial charge in [0.25, 0.3) is 0 Å². The predicted molar refractivity (Wildman–Crippen MR) is 135 cm³/mol. The minimum Gasteiger partial charge on any atom is -0.508 e. The summed E-state index contributed by atoms with van der Waals surface area (Å²) in [4.78, 5) is 9.38. The molecule has 7 rings (SSSR count). The smallest absolute Gasteiger partial charge is 0.228 e. The minimum atomic E-state index is -0.183. The molecule has 36 heavy (non-hydrogen) atoms. The number of benzene rings is 4. The fraction of sp³-hybridized carbons (Fsp3) is 0.0690. The highest BCUT2D eigenvalue weighted by atomic mass is 16.5. The molecule has 7 heteroatoms. The van der Waals surface area contributed by atoms with Gasteiger partial charge in [0.2, 0.25) is 5.88 Å². The summed E-state index contributed by atoms with van der Waals surface area (Å²) in [5.74, 6) is 2.31. The number of hydrogen-bond donors (Lipinski definition) is 1. The van der Waals surface area contributed by atoms with E-state index in [0.717, 1.165) is 33.2 Å². The van der Waals surface area contributed by atoms with Crippen LogP contribution in [0.25, 0.3) is 16.4 Å². The topological polar surface area (TPSA) is 81.8 Å². The Morgan fingerprint density at radius 2 is 1.75 bits per heavy atom. The summed E-state index contributed by atoms with van der Waals surface area (Å²) in [5, 5.41) is 16.8. The van der Waals surface area contributed by atoms with Crippen molar-refractivity contribution < 1.29 is 14.6 Å². The molecule has 0 bridgehead atoms. The molecule has 0 unspecified atom stereocenters. The lowest BCUT2D eigenvalue weighted by Gasteiger charge is -2.27. The molecule has 1 aliphatic rings. The number of hydrogen-bond acceptors (Lipinski definition) is 6. The van der Waals surface area contributed by atoms with Gasteiger partial charge in [-0.25, -0.2) is 14.5 Å². The second kappa shape index (κ2) is 8.09. The standard InChI is InChI=1S/C29H20N4O3/c34-20-13-14-22-24(15-20)36-29-27(26(22)19-8-2-1-3-9-19)28-31-25(32-33(28)17-30-29)16-35-23-12-6-10-18-7-4-5-11-21(18)23/h1-15,17,26,34H,16H2/t26-/m0/s1. The van der Waals surface area contributed by atoms with Gasteiger partial charge in [0.05, 0.1) is 5.56 Å². The summed E-state index contributed by atoms with van der Waals surface area (Å²) in [6.45, 7) is 0.214. The van der Waals surface area contributed by atoms with E-state index < -0.39 is 0 Å². The zero-order chi connectivity index (χ0) is 24.1. The van der Waals surface area contributed by atoms with Gasteiger partial charge in [-0.05, 0) is 23.1 Å². The lowest BCUT2D eigenvalue weighted by Crippen LogP contribution is -2.14. The van der Waals surface area contributed by atoms with E-state index >= 15 is 0 Å². The van der Waals surface area contributed by atoms with Crippen LogP contribution >= 0.6 is 0 Å². The highest BCUT2D eigenvalue weighted by Gasteiger charge is 2.33. The van der Waals surface area contributed by atoms with Crippen LogP contribution in [0.5, 0.6) is 23.1 Å². The maximum absolute atomic E-state index is 10.0. The van der Waals surface area contributed by atoms with Crippen molar-refractivity contribution in [2.45, 2.75) is 12.5 Å². The molecule has 1 atom stereocenters. The van der Waals surface area contributed by atoms with E-state index in [-0.39, 0.29) is 18.3 Å². The van der Waals surface area contributed by atoms with Crippen LogP contribution < -0.4 is 9.47 Å². The normalized spacial score (nSPS) is 14.3. The van der Waals surface area contributed by atoms with Crippen LogP contribution in [0.3, 0.4) is 0 Å². The summed E-state index contributed by atoms with van der Waals surface area (Å²) in [6, 6.07) is 29.4. The van der Waals surface area contributed by atoms with Crippen molar-refractivity contribution in [1.29, 1.82) is 0 Å². The second-order valence-corrected chi connectivity index (χ2v) is 8.69. The molecular weight excluding hydrogens is 452 g/mol. The Bertz CT molecular complexity index is 1740. The van der Waals surface area contributed by atoms with Crippen molar-refractivity contribution in [3.05, 3.63) is 120 Å². The Balaban J connectivity index is 1.32. The first-order valence-corrected chi connectivity index (χ1v) is 11.6. The molecule has 0 radical (unpaired) electrons. The van der Waals surface area contributed by atoms with Gasteiger partial charge in [-0.2, -0.15) is 0 Å². The second-order valence-electron chi connectivity index (χ2n) is 8.69. The Morgan fingerprint density at radius 3 is 2.67 bits per heavy atom. The van der Waals surface area contributed by atoms with E-state index in [1.807, 2.05) is 54.6 Å². The number of aromatic nitrogens is 4. The zero-order valence-electron chi connectivity index (χ0n) is 19.1. The fourth-order valence-electron chi connectivity index (χ4n) is 4.86. The highest BCUT2D eigenvalue weighted by molar-refractivity contribution is 5.88. The van der Waals surface area contributed by atoms with Crippen LogP contribution in [-0.2, 0) is 6.61 Å². The van der Waals surface area contributed by atoms with Crippen LogP contribution in [0.1, 0.15) is 28.4 Å². The maximum Gasteiger partial charge on any atom is 0.228 e. The van der Waals surface area contributed by atoms with E-state index in [0.29, 0.717) is 23.1 Å². The maximum atomic E-state index is 10.0. The first-order valence-electron chi connectivity index (χ1n) is 11.6. The van der Waals surface area contributed by atoms with Gasteiger partial charge in [-0.1, -0.05) is 72.8 Å². The quantitative estimate of drug-likeness (QED) is 0.346. The van der Waals surface area contributed by atoms with Crippen molar-refractivity contribution in [3.8, 4) is 23.1 Å². The molecule has 174 valence electrons. The number of rotatable bonds is 4. The third kappa shape index (κ3) is 3.32. The van der Waals surface area contributed by atoms with E-state index in [2.05, 4.69) is 34.3 Å². The Morgan fingerprint density at radius 1 is 0.917 bits per heavy atom. The predicted octanol–water partition coefficient (Wildman–Crippen LogP) is 5.85. The third-order valence-corrected chi connectivity index (χ3v) is 6.47. The SMILES string of the molecule is Oc1ccc2c(c1)Oc1ncn3nc(COc4cccc5ccccc45)nc3c1[C@H]2c1ccccc1. The van der Waals surface area contributed by atoms with E-state index in [9.17, 15) is 5.11 Å². The summed E-state index contributed by atoms with van der Waals surface area (Å²) < 4.78 is 13.9. The lowest BCUT2D eigenvalue weighted by molar-refractivity contribution is 0.299. The molecule has 0 saturated heterocycles. The molecule has 2 aromatic heterocycles. The van der Waals surface area contributed by atoms with E-state index in [1.54, 1.807) is 23.0 Å². The summed E-state index contributed by atoms with van der Waals surface area (Å²) in [5.41, 5.74) is 3.48. The van der Waals surface area contributed by atoms with E-state index in [4.69, 9.17) is 14.5 Å². The summed E-state index contributed by atoms with van der Waals surface area (Å²) in [7, 11) is 0. The van der Waals surface area contributed by atoms with Gasteiger partial charge < -0.3 is 14.6 Å². The molecule has 0 spiro atoms. The first-order chi connectivity index (χ1) is 17.7. The fourth-order valence-corrected chi connectivity index (χ4v) is 4.86. The van der Waals surface area contributed by atoms with Gasteiger partial charge >= 0.3 is 0 Å². The molecule has 0 saturated carbocycles. The number of fused-ring (bicyclic) bond motifs is 5. The molecule has 0 fully saturated rings. The number of phenolic OH excluding ortho intramolecular Hbond substituents is 1. The van der Waals surface area contributed by atoms with Crippen molar-refractivity contribution in [3.63, 3.8) is 0 Å². The first kappa shape index (κ1) is 20.5. The largest absolute Gasteiger partial charge is 0.508 e.